The van der Waals surface area contributed by atoms with Crippen molar-refractivity contribution in [3.63, 3.8) is 0 Å². The largest absolute Gasteiger partial charge is 0.0533 e. The fourth-order valence-corrected chi connectivity index (χ4v) is 20.5. The zero-order chi connectivity index (χ0) is 32.8. The van der Waals surface area contributed by atoms with Crippen LogP contribution in [0.15, 0.2) is 0 Å². The summed E-state index contributed by atoms with van der Waals surface area (Å²) >= 11 is 0. The summed E-state index contributed by atoms with van der Waals surface area (Å²) in [6.07, 6.45) is 48.8. The molecule has 0 heterocycles. The Kier molecular flexibility index (Phi) is 9.30. The number of hydrogen-bond acceptors (Lipinski definition) is 0. The Morgan fingerprint density at radius 1 is 0.160 bits per heavy atom. The van der Waals surface area contributed by atoms with Crippen LogP contribution in [0.1, 0.15) is 193 Å². The molecule has 11 saturated carbocycles. The summed E-state index contributed by atoms with van der Waals surface area (Å²) in [5.74, 6) is 22.8. The first kappa shape index (κ1) is 33.3. The molecule has 11 fully saturated rings. The average Bonchev–Trinajstić information content (AvgIpc) is 3.19. The highest BCUT2D eigenvalue weighted by molar-refractivity contribution is 5.13. The molecule has 50 heavy (non-hydrogen) atoms. The zero-order valence-electron chi connectivity index (χ0n) is 32.8. The molecule has 0 saturated heterocycles. The van der Waals surface area contributed by atoms with Gasteiger partial charge in [-0.1, -0.05) is 116 Å². The summed E-state index contributed by atoms with van der Waals surface area (Å²) < 4.78 is 0. The molecule has 0 nitrogen and oxygen atoms in total. The molecule has 0 bridgehead atoms. The quantitative estimate of drug-likeness (QED) is 0.272. The molecule has 16 unspecified atom stereocenters. The molecule has 0 aromatic rings. The summed E-state index contributed by atoms with van der Waals surface area (Å²) in [5, 5.41) is 0. The van der Waals surface area contributed by atoms with Crippen LogP contribution in [-0.4, -0.2) is 0 Å². The van der Waals surface area contributed by atoms with E-state index in [9.17, 15) is 0 Å². The molecule has 11 rings (SSSR count). The van der Waals surface area contributed by atoms with Gasteiger partial charge in [0.2, 0.25) is 0 Å². The lowest BCUT2D eigenvalue weighted by atomic mass is 9.37. The standard InChI is InChI=1S/C50H80/c1-3-15-31(16-4-1)49-45-27-41-37-23-11-7-19-33(37)35-21-9-13-25-39(35)43(41)29-47(45)50(32-17-5-2-6-18-32)48-30-44-40-26-14-10-22-36(40)34-20-8-12-24-38(34)42(44)28-46(48)49/h31-50H,1-30H2. The van der Waals surface area contributed by atoms with E-state index in [1.54, 1.807) is 193 Å². The van der Waals surface area contributed by atoms with E-state index in [0.29, 0.717) is 0 Å². The van der Waals surface area contributed by atoms with Crippen LogP contribution in [0.25, 0.3) is 0 Å². The summed E-state index contributed by atoms with van der Waals surface area (Å²) in [6, 6.07) is 0. The van der Waals surface area contributed by atoms with Crippen LogP contribution < -0.4 is 0 Å². The molecule has 0 aliphatic heterocycles. The number of fused-ring (bicyclic) bond motifs is 14. The maximum Gasteiger partial charge on any atom is -0.0323 e. The number of hydrogen-bond donors (Lipinski definition) is 0. The zero-order valence-corrected chi connectivity index (χ0v) is 32.8. The second-order valence-electron chi connectivity index (χ2n) is 22.7. The van der Waals surface area contributed by atoms with Gasteiger partial charge in [0.15, 0.2) is 0 Å². The monoisotopic (exact) mass is 681 g/mol. The molecule has 0 radical (unpaired) electrons. The summed E-state index contributed by atoms with van der Waals surface area (Å²) in [5.41, 5.74) is 0. The molecule has 11 aliphatic carbocycles. The van der Waals surface area contributed by atoms with Crippen molar-refractivity contribution >= 4 is 0 Å². The molecular formula is C50H80. The van der Waals surface area contributed by atoms with Gasteiger partial charge in [0, 0.05) is 0 Å². The van der Waals surface area contributed by atoms with E-state index in [2.05, 4.69) is 0 Å². The molecule has 280 valence electrons. The van der Waals surface area contributed by atoms with E-state index in [1.165, 1.54) is 0 Å². The molecule has 0 aromatic carbocycles. The van der Waals surface area contributed by atoms with Gasteiger partial charge in [-0.15, -0.1) is 0 Å². The van der Waals surface area contributed by atoms with Gasteiger partial charge in [-0.05, 0) is 195 Å². The minimum Gasteiger partial charge on any atom is -0.0533 e. The van der Waals surface area contributed by atoms with E-state index in [0.717, 1.165) is 118 Å². The van der Waals surface area contributed by atoms with Crippen LogP contribution in [0.2, 0.25) is 0 Å². The van der Waals surface area contributed by atoms with E-state index >= 15 is 0 Å². The summed E-state index contributed by atoms with van der Waals surface area (Å²) in [6.45, 7) is 0. The first-order valence-corrected chi connectivity index (χ1v) is 24.8. The normalized spacial score (nSPS) is 55.4. The average molecular weight is 681 g/mol. The third-order valence-electron chi connectivity index (χ3n) is 21.5. The van der Waals surface area contributed by atoms with Gasteiger partial charge in [-0.2, -0.15) is 0 Å². The third kappa shape index (κ3) is 5.41. The van der Waals surface area contributed by atoms with Gasteiger partial charge in [0.1, 0.15) is 0 Å². The van der Waals surface area contributed by atoms with Gasteiger partial charge in [-0.3, -0.25) is 0 Å². The maximum absolute atomic E-state index is 1.75. The van der Waals surface area contributed by atoms with Crippen molar-refractivity contribution in [3.05, 3.63) is 0 Å². The lowest BCUT2D eigenvalue weighted by Crippen LogP contribution is -2.61. The Morgan fingerprint density at radius 2 is 0.360 bits per heavy atom. The molecule has 0 spiro atoms. The summed E-state index contributed by atoms with van der Waals surface area (Å²) in [7, 11) is 0. The first-order chi connectivity index (χ1) is 24.8. The van der Waals surface area contributed by atoms with E-state index in [4.69, 9.17) is 0 Å². The van der Waals surface area contributed by atoms with Crippen molar-refractivity contribution in [2.45, 2.75) is 193 Å². The SMILES string of the molecule is C1CCC(C2C3CC4C5CCCCC5C5CCCCC5C4CC3C(C3CCCCC3)C3CC4C5CCCCC5C5CCCCC5C4CC32)CC1. The fourth-order valence-electron chi connectivity index (χ4n) is 20.5. The van der Waals surface area contributed by atoms with Gasteiger partial charge in [0.05, 0.1) is 0 Å². The Morgan fingerprint density at radius 3 is 0.600 bits per heavy atom. The fraction of sp³-hybridized carbons (Fsp3) is 1.00. The van der Waals surface area contributed by atoms with Gasteiger partial charge < -0.3 is 0 Å². The Balaban J connectivity index is 1.00. The van der Waals surface area contributed by atoms with Crippen molar-refractivity contribution in [2.24, 2.45) is 118 Å². The number of rotatable bonds is 2. The molecular weight excluding hydrogens is 601 g/mol. The molecule has 0 amide bonds. The van der Waals surface area contributed by atoms with Crippen LogP contribution in [0.3, 0.4) is 0 Å². The summed E-state index contributed by atoms with van der Waals surface area (Å²) in [4.78, 5) is 0. The van der Waals surface area contributed by atoms with Crippen LogP contribution in [0.4, 0.5) is 0 Å². The van der Waals surface area contributed by atoms with E-state index in [1.807, 2.05) is 0 Å². The van der Waals surface area contributed by atoms with Crippen LogP contribution in [-0.2, 0) is 0 Å². The Bertz CT molecular complexity index is 995. The van der Waals surface area contributed by atoms with Crippen molar-refractivity contribution in [3.8, 4) is 0 Å². The predicted octanol–water partition coefficient (Wildman–Crippen LogP) is 14.2. The van der Waals surface area contributed by atoms with Crippen LogP contribution in [0, 0.1) is 118 Å². The Hall–Kier alpha value is 0. The lowest BCUT2D eigenvalue weighted by molar-refractivity contribution is -0.195. The van der Waals surface area contributed by atoms with Crippen molar-refractivity contribution in [1.82, 2.24) is 0 Å². The van der Waals surface area contributed by atoms with E-state index < -0.39 is 0 Å². The maximum atomic E-state index is 1.75. The van der Waals surface area contributed by atoms with E-state index in [-0.39, 0.29) is 0 Å². The smallest absolute Gasteiger partial charge is 0.0323 e. The second-order valence-corrected chi connectivity index (χ2v) is 22.7. The highest BCUT2D eigenvalue weighted by atomic mass is 14.7. The minimum atomic E-state index is 1.12. The Labute approximate surface area is 310 Å². The van der Waals surface area contributed by atoms with Gasteiger partial charge in [-0.25, -0.2) is 0 Å². The van der Waals surface area contributed by atoms with Crippen molar-refractivity contribution in [2.75, 3.05) is 0 Å². The lowest BCUT2D eigenvalue weighted by Gasteiger charge is -2.68. The highest BCUT2D eigenvalue weighted by Crippen LogP contribution is 2.71. The molecule has 16 atom stereocenters. The minimum absolute atomic E-state index is 1.12. The molecule has 0 aromatic heterocycles. The van der Waals surface area contributed by atoms with Crippen LogP contribution >= 0.6 is 0 Å². The topological polar surface area (TPSA) is 0 Å². The second kappa shape index (κ2) is 13.9. The van der Waals surface area contributed by atoms with Crippen molar-refractivity contribution < 1.29 is 0 Å². The van der Waals surface area contributed by atoms with Crippen molar-refractivity contribution in [1.29, 1.82) is 0 Å². The molecule has 11 aliphatic rings. The highest BCUT2D eigenvalue weighted by Gasteiger charge is 2.64. The predicted molar refractivity (Wildman–Crippen MR) is 208 cm³/mol. The third-order valence-corrected chi connectivity index (χ3v) is 21.5. The van der Waals surface area contributed by atoms with Gasteiger partial charge in [0.25, 0.3) is 0 Å². The van der Waals surface area contributed by atoms with Gasteiger partial charge >= 0.3 is 0 Å². The van der Waals surface area contributed by atoms with Crippen LogP contribution in [0.5, 0.6) is 0 Å². The first-order valence-electron chi connectivity index (χ1n) is 24.8. The molecule has 0 N–H and O–H groups in total. The molecule has 0 heteroatoms.